The molecule has 2 aromatic carbocycles. The van der Waals surface area contributed by atoms with Crippen LogP contribution in [-0.2, 0) is 11.2 Å². The molecule has 2 heterocycles. The number of Topliss-reactive ketones (excluding diaryl/α,β-unsaturated/α-hetero) is 1. The number of hydrogen-bond donors (Lipinski definition) is 3. The third-order valence-electron chi connectivity index (χ3n) is 5.95. The summed E-state index contributed by atoms with van der Waals surface area (Å²) in [5.74, 6) is -0.633. The zero-order valence-corrected chi connectivity index (χ0v) is 19.0. The summed E-state index contributed by atoms with van der Waals surface area (Å²) in [6.07, 6.45) is -2.98. The Morgan fingerprint density at radius 3 is 2.58 bits per heavy atom. The lowest BCUT2D eigenvalue weighted by Gasteiger charge is -2.24. The predicted octanol–water partition coefficient (Wildman–Crippen LogP) is 3.60. The fourth-order valence-corrected chi connectivity index (χ4v) is 4.38. The number of para-hydroxylation sites is 1. The number of primary amides is 1. The van der Waals surface area contributed by atoms with Gasteiger partial charge in [0.05, 0.1) is 17.2 Å². The van der Waals surface area contributed by atoms with Gasteiger partial charge in [-0.3, -0.25) is 9.36 Å². The minimum atomic E-state index is -4.81. The van der Waals surface area contributed by atoms with Crippen molar-refractivity contribution in [1.29, 1.82) is 0 Å². The molecule has 0 spiro atoms. The summed E-state index contributed by atoms with van der Waals surface area (Å²) in [4.78, 5) is 39.2. The quantitative estimate of drug-likeness (QED) is 0.473. The molecule has 1 fully saturated rings. The molecule has 36 heavy (non-hydrogen) atoms. The number of carbonyl (C=O) groups is 3. The average molecular weight is 503 g/mol. The number of nitrogens with one attached hydrogen (secondary N) is 1. The number of rotatable bonds is 6. The lowest BCUT2D eigenvalue weighted by molar-refractivity contribution is -0.274. The summed E-state index contributed by atoms with van der Waals surface area (Å²) in [6.45, 7) is 0.144. The molecule has 1 saturated heterocycles. The Balaban J connectivity index is 1.45. The third kappa shape index (κ3) is 5.60. The number of likely N-dealkylation sites (tertiary alicyclic amines) is 1. The van der Waals surface area contributed by atoms with Crippen LogP contribution in [0.2, 0.25) is 0 Å². The number of hydrogen-bond acceptors (Lipinski definition) is 5. The number of aromatic nitrogens is 1. The van der Waals surface area contributed by atoms with Crippen LogP contribution in [0, 0.1) is 0 Å². The molecule has 9 nitrogen and oxygen atoms in total. The van der Waals surface area contributed by atoms with Crippen LogP contribution in [0.3, 0.4) is 0 Å². The molecular formula is C24H24F3N5O4. The number of halogens is 3. The van der Waals surface area contributed by atoms with Crippen molar-refractivity contribution in [3.05, 3.63) is 60.3 Å². The summed E-state index contributed by atoms with van der Waals surface area (Å²) in [6, 6.07) is 9.80. The van der Waals surface area contributed by atoms with Crippen LogP contribution < -0.4 is 21.5 Å². The molecule has 4 rings (SSSR count). The van der Waals surface area contributed by atoms with E-state index in [0.717, 1.165) is 0 Å². The summed E-state index contributed by atoms with van der Waals surface area (Å²) < 4.78 is 42.6. The molecule has 0 bridgehead atoms. The van der Waals surface area contributed by atoms with Gasteiger partial charge in [-0.2, -0.15) is 0 Å². The highest BCUT2D eigenvalue weighted by atomic mass is 19.4. The van der Waals surface area contributed by atoms with Gasteiger partial charge in [-0.05, 0) is 36.6 Å². The second-order valence-corrected chi connectivity index (χ2v) is 8.52. The maximum Gasteiger partial charge on any atom is 0.573 e. The monoisotopic (exact) mass is 503 g/mol. The van der Waals surface area contributed by atoms with Gasteiger partial charge in [-0.15, -0.1) is 13.2 Å². The van der Waals surface area contributed by atoms with Crippen LogP contribution in [0.5, 0.6) is 5.75 Å². The Labute approximate surface area is 203 Å². The Kier molecular flexibility index (Phi) is 6.88. The van der Waals surface area contributed by atoms with Crippen molar-refractivity contribution in [2.75, 3.05) is 11.9 Å². The van der Waals surface area contributed by atoms with Crippen molar-refractivity contribution >= 4 is 34.4 Å². The van der Waals surface area contributed by atoms with Crippen molar-refractivity contribution in [1.82, 2.24) is 9.47 Å². The van der Waals surface area contributed by atoms with E-state index in [1.165, 1.54) is 33.9 Å². The Hall–Kier alpha value is -4.06. The molecule has 3 amide bonds. The van der Waals surface area contributed by atoms with Crippen molar-refractivity contribution in [2.45, 2.75) is 37.7 Å². The lowest BCUT2D eigenvalue weighted by Crippen LogP contribution is -2.43. The summed E-state index contributed by atoms with van der Waals surface area (Å²) in [7, 11) is 0. The smallest absolute Gasteiger partial charge is 0.406 e. The zero-order chi connectivity index (χ0) is 26.0. The fraction of sp³-hybridized carbons (Fsp3) is 0.292. The summed E-state index contributed by atoms with van der Waals surface area (Å²) in [5.41, 5.74) is 12.8. The normalized spacial score (nSPS) is 17.8. The number of benzene rings is 2. The van der Waals surface area contributed by atoms with Crippen LogP contribution in [0.4, 0.5) is 28.4 Å². The Bertz CT molecular complexity index is 1310. The maximum atomic E-state index is 13.1. The van der Waals surface area contributed by atoms with E-state index >= 15 is 0 Å². The fourth-order valence-electron chi connectivity index (χ4n) is 4.38. The number of aryl methyl sites for hydroxylation is 1. The first-order chi connectivity index (χ1) is 17.0. The molecule has 1 aromatic heterocycles. The molecule has 190 valence electrons. The summed E-state index contributed by atoms with van der Waals surface area (Å²) in [5, 5.41) is 3.33. The first-order valence-electron chi connectivity index (χ1n) is 11.1. The minimum absolute atomic E-state index is 0.00236. The number of amides is 3. The molecule has 0 saturated carbocycles. The largest absolute Gasteiger partial charge is 0.573 e. The standard InChI is InChI=1S/C24H24F3N5O4/c25-24(26,27)36-16-5-3-4-14(10-16)8-9-21(33)20-11-15(28)12-32(20)23(35)30-18-13-31(22(29)34)19-7-2-1-6-17(18)19/h1-7,10,13,15,20H,8-9,11-12,28H2,(H2,29,34)(H,30,35)/t15-,20-/m0/s1. The molecule has 0 radical (unpaired) electrons. The second kappa shape index (κ2) is 9.90. The van der Waals surface area contributed by atoms with Gasteiger partial charge in [0.1, 0.15) is 5.75 Å². The molecule has 12 heteroatoms. The van der Waals surface area contributed by atoms with Crippen molar-refractivity contribution in [3.63, 3.8) is 0 Å². The van der Waals surface area contributed by atoms with Crippen LogP contribution in [0.15, 0.2) is 54.7 Å². The number of alkyl halides is 3. The van der Waals surface area contributed by atoms with E-state index in [2.05, 4.69) is 10.1 Å². The van der Waals surface area contributed by atoms with Crippen molar-refractivity contribution < 1.29 is 32.3 Å². The molecule has 5 N–H and O–H groups in total. The predicted molar refractivity (Wildman–Crippen MR) is 125 cm³/mol. The highest BCUT2D eigenvalue weighted by molar-refractivity contribution is 6.05. The molecule has 1 aliphatic rings. The molecule has 0 unspecified atom stereocenters. The molecular weight excluding hydrogens is 479 g/mol. The molecule has 3 aromatic rings. The van der Waals surface area contributed by atoms with E-state index in [0.29, 0.717) is 22.2 Å². The number of carbonyl (C=O) groups excluding carboxylic acids is 3. The molecule has 0 aliphatic carbocycles. The van der Waals surface area contributed by atoms with Gasteiger partial charge >= 0.3 is 18.4 Å². The number of ketones is 1. The van der Waals surface area contributed by atoms with E-state index in [1.807, 2.05) is 0 Å². The lowest BCUT2D eigenvalue weighted by atomic mass is 10.0. The summed E-state index contributed by atoms with van der Waals surface area (Å²) >= 11 is 0. The first kappa shape index (κ1) is 25.0. The Morgan fingerprint density at radius 1 is 1.11 bits per heavy atom. The number of nitrogens with two attached hydrogens (primary N) is 2. The SMILES string of the molecule is NC(=O)n1cc(NC(=O)N2C[C@@H](N)C[C@H]2C(=O)CCc2cccc(OC(F)(F)F)c2)c2ccccc21. The van der Waals surface area contributed by atoms with Crippen molar-refractivity contribution in [3.8, 4) is 5.75 Å². The van der Waals surface area contributed by atoms with Crippen molar-refractivity contribution in [2.24, 2.45) is 11.5 Å². The zero-order valence-electron chi connectivity index (χ0n) is 19.0. The van der Waals surface area contributed by atoms with Gasteiger partial charge in [0.25, 0.3) is 0 Å². The van der Waals surface area contributed by atoms with E-state index in [-0.39, 0.29) is 37.3 Å². The maximum absolute atomic E-state index is 13.1. The van der Waals surface area contributed by atoms with E-state index in [4.69, 9.17) is 11.5 Å². The van der Waals surface area contributed by atoms with Crippen LogP contribution in [0.1, 0.15) is 18.4 Å². The van der Waals surface area contributed by atoms with E-state index < -0.39 is 30.5 Å². The number of ether oxygens (including phenoxy) is 1. The topological polar surface area (TPSA) is 133 Å². The van der Waals surface area contributed by atoms with Gasteiger partial charge in [0, 0.05) is 30.6 Å². The second-order valence-electron chi connectivity index (χ2n) is 8.52. The number of fused-ring (bicyclic) bond motifs is 1. The van der Waals surface area contributed by atoms with Crippen LogP contribution >= 0.6 is 0 Å². The van der Waals surface area contributed by atoms with Crippen LogP contribution in [-0.4, -0.2) is 52.3 Å². The first-order valence-corrected chi connectivity index (χ1v) is 11.1. The Morgan fingerprint density at radius 2 is 1.86 bits per heavy atom. The van der Waals surface area contributed by atoms with Gasteiger partial charge in [0.15, 0.2) is 5.78 Å². The van der Waals surface area contributed by atoms with E-state index in [9.17, 15) is 27.6 Å². The number of anilines is 1. The average Bonchev–Trinajstić information content (AvgIpc) is 3.38. The highest BCUT2D eigenvalue weighted by Crippen LogP contribution is 2.28. The van der Waals surface area contributed by atoms with Crippen LogP contribution in [0.25, 0.3) is 10.9 Å². The van der Waals surface area contributed by atoms with Gasteiger partial charge in [0.2, 0.25) is 0 Å². The van der Waals surface area contributed by atoms with E-state index in [1.54, 1.807) is 30.3 Å². The van der Waals surface area contributed by atoms with Gasteiger partial charge in [-0.1, -0.05) is 30.3 Å². The number of nitrogens with zero attached hydrogens (tertiary/aromatic N) is 2. The highest BCUT2D eigenvalue weighted by Gasteiger charge is 2.38. The van der Waals surface area contributed by atoms with Gasteiger partial charge in [-0.25, -0.2) is 9.59 Å². The molecule has 2 atom stereocenters. The molecule has 1 aliphatic heterocycles. The number of urea groups is 1. The van der Waals surface area contributed by atoms with Gasteiger partial charge < -0.3 is 26.4 Å². The minimum Gasteiger partial charge on any atom is -0.406 e. The third-order valence-corrected chi connectivity index (χ3v) is 5.95.